The number of nitrogens with one attached hydrogen (secondary N) is 2. The molecular formula is C25H25N3O4. The van der Waals surface area contributed by atoms with Crippen LogP contribution < -0.4 is 10.6 Å². The highest BCUT2D eigenvalue weighted by atomic mass is 16.6. The van der Waals surface area contributed by atoms with Gasteiger partial charge in [0, 0.05) is 30.4 Å². The molecule has 0 aliphatic carbocycles. The van der Waals surface area contributed by atoms with Crippen LogP contribution >= 0.6 is 0 Å². The molecule has 164 valence electrons. The number of alkyl carbamates (subject to hydrolysis) is 1. The molecule has 0 saturated carbocycles. The Morgan fingerprint density at radius 3 is 2.28 bits per heavy atom. The van der Waals surface area contributed by atoms with Crippen molar-refractivity contribution in [1.82, 2.24) is 5.32 Å². The number of non-ortho nitro benzene ring substituents is 1. The number of hydrogen-bond donors (Lipinski definition) is 2. The van der Waals surface area contributed by atoms with Gasteiger partial charge in [-0.3, -0.25) is 10.1 Å². The van der Waals surface area contributed by atoms with Crippen molar-refractivity contribution in [3.8, 4) is 0 Å². The summed E-state index contributed by atoms with van der Waals surface area (Å²) < 4.78 is 5.24. The summed E-state index contributed by atoms with van der Waals surface area (Å²) in [6, 6.07) is 25.5. The molecule has 0 spiro atoms. The second-order valence-electron chi connectivity index (χ2n) is 7.10. The Labute approximate surface area is 186 Å². The molecule has 7 nitrogen and oxygen atoms in total. The monoisotopic (exact) mass is 431 g/mol. The smallest absolute Gasteiger partial charge is 0.407 e. The topological polar surface area (TPSA) is 93.5 Å². The van der Waals surface area contributed by atoms with E-state index in [0.717, 1.165) is 16.8 Å². The van der Waals surface area contributed by atoms with Crippen LogP contribution in [-0.4, -0.2) is 23.6 Å². The minimum absolute atomic E-state index is 0.0368. The maximum atomic E-state index is 12.0. The molecule has 0 aliphatic heterocycles. The standard InChI is InChI=1S/C25H25N3O4/c29-25(32-19-21-9-5-2-6-10-21)26-18-17-23(12-11-20-7-3-1-4-8-20)27-22-13-15-24(16-14-22)28(30)31/h1-16,23,27H,17-19H2,(H,26,29)/b12-11+/t23-/m1/s1. The number of nitrogens with zero attached hydrogens (tertiary/aromatic N) is 1. The molecule has 0 aliphatic rings. The van der Waals surface area contributed by atoms with E-state index in [-0.39, 0.29) is 18.3 Å². The molecule has 0 heterocycles. The highest BCUT2D eigenvalue weighted by molar-refractivity contribution is 5.67. The minimum atomic E-state index is -0.477. The number of anilines is 1. The largest absolute Gasteiger partial charge is 0.445 e. The molecular weight excluding hydrogens is 406 g/mol. The van der Waals surface area contributed by atoms with Crippen molar-refractivity contribution in [2.75, 3.05) is 11.9 Å². The van der Waals surface area contributed by atoms with Crippen LogP contribution in [0.25, 0.3) is 6.08 Å². The minimum Gasteiger partial charge on any atom is -0.445 e. The number of rotatable bonds is 10. The first-order valence-corrected chi connectivity index (χ1v) is 10.3. The van der Waals surface area contributed by atoms with Crippen LogP contribution in [0.15, 0.2) is 91.0 Å². The summed E-state index contributed by atoms with van der Waals surface area (Å²) in [6.45, 7) is 0.614. The van der Waals surface area contributed by atoms with Crippen LogP contribution in [-0.2, 0) is 11.3 Å². The average Bonchev–Trinajstić information content (AvgIpc) is 2.83. The second kappa shape index (κ2) is 11.9. The number of nitro groups is 1. The quantitative estimate of drug-likeness (QED) is 0.331. The van der Waals surface area contributed by atoms with Gasteiger partial charge in [0.15, 0.2) is 0 Å². The third kappa shape index (κ3) is 7.60. The van der Waals surface area contributed by atoms with Crippen molar-refractivity contribution < 1.29 is 14.5 Å². The molecule has 0 bridgehead atoms. The van der Waals surface area contributed by atoms with E-state index >= 15 is 0 Å². The second-order valence-corrected chi connectivity index (χ2v) is 7.10. The Hall–Kier alpha value is -4.13. The van der Waals surface area contributed by atoms with E-state index in [2.05, 4.69) is 10.6 Å². The molecule has 2 N–H and O–H groups in total. The third-order valence-corrected chi connectivity index (χ3v) is 4.69. The lowest BCUT2D eigenvalue weighted by atomic mass is 10.1. The fourth-order valence-corrected chi connectivity index (χ4v) is 3.01. The fourth-order valence-electron chi connectivity index (χ4n) is 3.01. The first kappa shape index (κ1) is 22.6. The molecule has 0 saturated heterocycles. The van der Waals surface area contributed by atoms with Gasteiger partial charge in [-0.15, -0.1) is 0 Å². The molecule has 0 fully saturated rings. The van der Waals surface area contributed by atoms with E-state index in [1.54, 1.807) is 12.1 Å². The van der Waals surface area contributed by atoms with E-state index in [1.165, 1.54) is 12.1 Å². The van der Waals surface area contributed by atoms with Gasteiger partial charge in [-0.25, -0.2) is 4.79 Å². The first-order chi connectivity index (χ1) is 15.6. The van der Waals surface area contributed by atoms with Crippen molar-refractivity contribution in [1.29, 1.82) is 0 Å². The molecule has 32 heavy (non-hydrogen) atoms. The SMILES string of the molecule is O=C(NCC[C@@H](/C=C/c1ccccc1)Nc1ccc([N+](=O)[O-])cc1)OCc1ccccc1. The lowest BCUT2D eigenvalue weighted by molar-refractivity contribution is -0.384. The predicted octanol–water partition coefficient (Wildman–Crippen LogP) is 5.41. The maximum absolute atomic E-state index is 12.0. The third-order valence-electron chi connectivity index (χ3n) is 4.69. The van der Waals surface area contributed by atoms with Crippen LogP contribution in [0.2, 0.25) is 0 Å². The number of hydrogen-bond acceptors (Lipinski definition) is 5. The van der Waals surface area contributed by atoms with Gasteiger partial charge in [0.05, 0.1) is 4.92 Å². The van der Waals surface area contributed by atoms with Gasteiger partial charge in [-0.05, 0) is 29.7 Å². The Kier molecular flexibility index (Phi) is 8.39. The van der Waals surface area contributed by atoms with Gasteiger partial charge in [-0.2, -0.15) is 0 Å². The summed E-state index contributed by atoms with van der Waals surface area (Å²) in [5, 5.41) is 17.0. The van der Waals surface area contributed by atoms with Gasteiger partial charge in [-0.1, -0.05) is 72.8 Å². The fraction of sp³-hybridized carbons (Fsp3) is 0.160. The zero-order chi connectivity index (χ0) is 22.6. The Morgan fingerprint density at radius 2 is 1.62 bits per heavy atom. The van der Waals surface area contributed by atoms with Crippen LogP contribution in [0.5, 0.6) is 0 Å². The number of benzene rings is 3. The number of carbonyl (C=O) groups excluding carboxylic acids is 1. The van der Waals surface area contributed by atoms with E-state index < -0.39 is 11.0 Å². The predicted molar refractivity (Wildman–Crippen MR) is 125 cm³/mol. The first-order valence-electron chi connectivity index (χ1n) is 10.3. The summed E-state index contributed by atoms with van der Waals surface area (Å²) in [7, 11) is 0. The molecule has 0 unspecified atom stereocenters. The van der Waals surface area contributed by atoms with Gasteiger partial charge in [0.2, 0.25) is 0 Å². The lowest BCUT2D eigenvalue weighted by Gasteiger charge is -2.17. The van der Waals surface area contributed by atoms with Gasteiger partial charge in [0.25, 0.3) is 5.69 Å². The van der Waals surface area contributed by atoms with Crippen molar-refractivity contribution in [3.63, 3.8) is 0 Å². The Bertz CT molecular complexity index is 1020. The van der Waals surface area contributed by atoms with Crippen LogP contribution in [0, 0.1) is 10.1 Å². The summed E-state index contributed by atoms with van der Waals surface area (Å²) >= 11 is 0. The van der Waals surface area contributed by atoms with Crippen LogP contribution in [0.3, 0.4) is 0 Å². The normalized spacial score (nSPS) is 11.6. The highest BCUT2D eigenvalue weighted by Crippen LogP contribution is 2.17. The molecule has 0 aromatic heterocycles. The van der Waals surface area contributed by atoms with Crippen LogP contribution in [0.1, 0.15) is 17.5 Å². The lowest BCUT2D eigenvalue weighted by Crippen LogP contribution is -2.29. The van der Waals surface area contributed by atoms with Crippen LogP contribution in [0.4, 0.5) is 16.2 Å². The zero-order valence-electron chi connectivity index (χ0n) is 17.5. The molecule has 7 heteroatoms. The molecule has 1 atom stereocenters. The summed E-state index contributed by atoms with van der Waals surface area (Å²) in [4.78, 5) is 22.4. The van der Waals surface area contributed by atoms with E-state index in [4.69, 9.17) is 4.74 Å². The van der Waals surface area contributed by atoms with Crippen molar-refractivity contribution in [2.24, 2.45) is 0 Å². The number of nitro benzene ring substituents is 1. The number of amides is 1. The van der Waals surface area contributed by atoms with E-state index in [0.29, 0.717) is 13.0 Å². The summed E-state index contributed by atoms with van der Waals surface area (Å²) in [5.74, 6) is 0. The number of carbonyl (C=O) groups is 1. The molecule has 1 amide bonds. The van der Waals surface area contributed by atoms with Gasteiger partial charge < -0.3 is 15.4 Å². The summed E-state index contributed by atoms with van der Waals surface area (Å²) in [6.07, 6.45) is 4.13. The highest BCUT2D eigenvalue weighted by Gasteiger charge is 2.09. The molecule has 3 aromatic carbocycles. The molecule has 0 radical (unpaired) electrons. The van der Waals surface area contributed by atoms with Crippen molar-refractivity contribution >= 4 is 23.5 Å². The summed E-state index contributed by atoms with van der Waals surface area (Å²) in [5.41, 5.74) is 2.77. The maximum Gasteiger partial charge on any atom is 0.407 e. The Morgan fingerprint density at radius 1 is 0.969 bits per heavy atom. The van der Waals surface area contributed by atoms with Crippen molar-refractivity contribution in [3.05, 3.63) is 112 Å². The van der Waals surface area contributed by atoms with Crippen molar-refractivity contribution in [2.45, 2.75) is 19.1 Å². The Balaban J connectivity index is 1.55. The molecule has 3 aromatic rings. The van der Waals surface area contributed by atoms with E-state index in [9.17, 15) is 14.9 Å². The van der Waals surface area contributed by atoms with E-state index in [1.807, 2.05) is 72.8 Å². The number of ether oxygens (including phenoxy) is 1. The average molecular weight is 431 g/mol. The van der Waals surface area contributed by atoms with Gasteiger partial charge >= 0.3 is 6.09 Å². The molecule has 3 rings (SSSR count). The zero-order valence-corrected chi connectivity index (χ0v) is 17.5. The van der Waals surface area contributed by atoms with Gasteiger partial charge in [0.1, 0.15) is 6.61 Å².